The molecule has 0 saturated carbocycles. The maximum absolute atomic E-state index is 9.82. The van der Waals surface area contributed by atoms with Crippen molar-refractivity contribution < 1.29 is 8.53 Å². The highest BCUT2D eigenvalue weighted by Crippen LogP contribution is 2.42. The van der Waals surface area contributed by atoms with Gasteiger partial charge in [-0.2, -0.15) is 5.26 Å². The molecular weight excluding hydrogens is 526 g/mol. The molecule has 0 unspecified atom stereocenters. The Morgan fingerprint density at radius 1 is 0.791 bits per heavy atom. The van der Waals surface area contributed by atoms with Gasteiger partial charge in [-0.05, 0) is 89.0 Å². The minimum atomic E-state index is -2.44. The molecule has 0 aliphatic carbocycles. The molecule has 0 saturated heterocycles. The van der Waals surface area contributed by atoms with Gasteiger partial charge < -0.3 is 4.42 Å². The van der Waals surface area contributed by atoms with Crippen molar-refractivity contribution in [2.45, 2.75) is 46.4 Å². The van der Waals surface area contributed by atoms with Crippen molar-refractivity contribution in [2.24, 2.45) is 0 Å². The molecule has 0 aliphatic rings. The Hall–Kier alpha value is -5.14. The quantitative estimate of drug-likeness (QED) is 0.210. The largest absolute Gasteiger partial charge is 0.455 e. The summed E-state index contributed by atoms with van der Waals surface area (Å²) in [5, 5.41) is 11.3. The van der Waals surface area contributed by atoms with Crippen LogP contribution in [-0.2, 0) is 0 Å². The van der Waals surface area contributed by atoms with E-state index in [9.17, 15) is 5.26 Å². The van der Waals surface area contributed by atoms with Crippen LogP contribution < -0.4 is 0 Å². The first kappa shape index (κ1) is 23.4. The SMILES string of the molecule is [2H]C([2H])([2H])c1cc2oc3c(-c4nc5ccccc5n4-c4c(C(C)C)cc(-c5ccccc5)cc4C(C)C)cccc3c2cc1C#N. The van der Waals surface area contributed by atoms with E-state index < -0.39 is 6.85 Å². The minimum absolute atomic E-state index is 0.0167. The third-order valence-corrected chi connectivity index (χ3v) is 8.30. The van der Waals surface area contributed by atoms with Gasteiger partial charge in [0.05, 0.1) is 33.9 Å². The lowest BCUT2D eigenvalue weighted by Gasteiger charge is -2.24. The second kappa shape index (κ2) is 10.3. The van der Waals surface area contributed by atoms with Crippen molar-refractivity contribution in [1.29, 1.82) is 5.26 Å². The molecule has 0 amide bonds. The van der Waals surface area contributed by atoms with E-state index >= 15 is 0 Å². The van der Waals surface area contributed by atoms with Crippen molar-refractivity contribution in [3.63, 3.8) is 0 Å². The Labute approximate surface area is 256 Å². The summed E-state index contributed by atoms with van der Waals surface area (Å²) < 4.78 is 32.7. The number of rotatable bonds is 5. The van der Waals surface area contributed by atoms with Gasteiger partial charge in [0.2, 0.25) is 0 Å². The van der Waals surface area contributed by atoms with Crippen molar-refractivity contribution in [3.8, 4) is 34.3 Å². The molecule has 4 nitrogen and oxygen atoms in total. The first-order valence-corrected chi connectivity index (χ1v) is 14.7. The molecular formula is C39H33N3O. The lowest BCUT2D eigenvalue weighted by molar-refractivity contribution is 0.669. The highest BCUT2D eigenvalue weighted by atomic mass is 16.3. The Morgan fingerprint density at radius 2 is 1.51 bits per heavy atom. The molecule has 0 aliphatic heterocycles. The van der Waals surface area contributed by atoms with Crippen LogP contribution in [0.1, 0.15) is 65.9 Å². The number of hydrogen-bond donors (Lipinski definition) is 0. The van der Waals surface area contributed by atoms with Gasteiger partial charge in [-0.1, -0.05) is 82.3 Å². The Morgan fingerprint density at radius 3 is 2.21 bits per heavy atom. The van der Waals surface area contributed by atoms with Gasteiger partial charge in [0.15, 0.2) is 0 Å². The van der Waals surface area contributed by atoms with Crippen LogP contribution >= 0.6 is 0 Å². The number of nitriles is 1. The summed E-state index contributed by atoms with van der Waals surface area (Å²) in [6.45, 7) is 6.47. The van der Waals surface area contributed by atoms with Crippen LogP contribution in [0.3, 0.4) is 0 Å². The average Bonchev–Trinajstić information content (AvgIpc) is 3.61. The third kappa shape index (κ3) is 4.32. The van der Waals surface area contributed by atoms with E-state index in [0.717, 1.165) is 33.5 Å². The van der Waals surface area contributed by atoms with Crippen LogP contribution in [0.15, 0.2) is 101 Å². The van der Waals surface area contributed by atoms with E-state index in [4.69, 9.17) is 13.5 Å². The molecule has 0 radical (unpaired) electrons. The number of furan rings is 1. The van der Waals surface area contributed by atoms with Crippen molar-refractivity contribution >= 4 is 33.0 Å². The van der Waals surface area contributed by atoms with E-state index in [1.165, 1.54) is 28.3 Å². The monoisotopic (exact) mass is 562 g/mol. The Kier molecular flexibility index (Phi) is 5.61. The number of benzene rings is 5. The smallest absolute Gasteiger partial charge is 0.149 e. The van der Waals surface area contributed by atoms with Gasteiger partial charge in [0, 0.05) is 14.9 Å². The fraction of sp³-hybridized carbons (Fsp3) is 0.179. The van der Waals surface area contributed by atoms with E-state index in [0.29, 0.717) is 16.6 Å². The molecule has 5 aromatic carbocycles. The summed E-state index contributed by atoms with van der Waals surface area (Å²) in [6, 6.07) is 34.4. The zero-order valence-electron chi connectivity index (χ0n) is 27.6. The first-order valence-electron chi connectivity index (χ1n) is 16.2. The number of aryl methyl sites for hydroxylation is 1. The zero-order valence-corrected chi connectivity index (χ0v) is 24.6. The summed E-state index contributed by atoms with van der Waals surface area (Å²) in [5.41, 5.74) is 9.65. The number of hydrogen-bond acceptors (Lipinski definition) is 3. The summed E-state index contributed by atoms with van der Waals surface area (Å²) in [6.07, 6.45) is 0. The normalized spacial score (nSPS) is 13.1. The average molecular weight is 563 g/mol. The summed E-state index contributed by atoms with van der Waals surface area (Å²) in [4.78, 5) is 5.21. The summed E-state index contributed by atoms with van der Waals surface area (Å²) >= 11 is 0. The van der Waals surface area contributed by atoms with E-state index in [2.05, 4.69) is 80.8 Å². The lowest BCUT2D eigenvalue weighted by Crippen LogP contribution is -2.09. The van der Waals surface area contributed by atoms with Crippen molar-refractivity contribution in [3.05, 3.63) is 119 Å². The van der Waals surface area contributed by atoms with E-state index in [1.54, 1.807) is 6.07 Å². The molecule has 0 atom stereocenters. The van der Waals surface area contributed by atoms with Gasteiger partial charge in [-0.15, -0.1) is 0 Å². The molecule has 0 spiro atoms. The zero-order chi connectivity index (χ0) is 32.3. The van der Waals surface area contributed by atoms with Crippen LogP contribution in [0.25, 0.3) is 61.2 Å². The number of para-hydroxylation sites is 3. The number of imidazole rings is 1. The third-order valence-electron chi connectivity index (χ3n) is 8.30. The molecule has 2 heterocycles. The second-order valence-corrected chi connectivity index (χ2v) is 11.7. The molecule has 7 aromatic rings. The highest BCUT2D eigenvalue weighted by Gasteiger charge is 2.25. The van der Waals surface area contributed by atoms with Crippen LogP contribution in [0.5, 0.6) is 0 Å². The fourth-order valence-electron chi connectivity index (χ4n) is 6.16. The molecule has 0 bridgehead atoms. The lowest BCUT2D eigenvalue weighted by atomic mass is 9.88. The van der Waals surface area contributed by atoms with Gasteiger partial charge in [-0.3, -0.25) is 4.57 Å². The maximum Gasteiger partial charge on any atom is 0.149 e. The highest BCUT2D eigenvalue weighted by molar-refractivity contribution is 6.10. The molecule has 7 rings (SSSR count). The predicted octanol–water partition coefficient (Wildman–Crippen LogP) is 10.7. The molecule has 43 heavy (non-hydrogen) atoms. The Bertz CT molecular complexity index is 2290. The standard InChI is InChI=1S/C39H33N3O/c1-23(2)31-19-27(26-12-7-6-8-13-26)20-32(24(3)4)37(31)42-35-17-10-9-16-34(35)41-39(42)30-15-11-14-29-33-21-28(22-40)25(5)18-36(33)43-38(29)30/h6-21,23-24H,1-5H3/i5D3. The predicted molar refractivity (Wildman–Crippen MR) is 177 cm³/mol. The van der Waals surface area contributed by atoms with Crippen LogP contribution in [-0.4, -0.2) is 9.55 Å². The van der Waals surface area contributed by atoms with Gasteiger partial charge in [0.1, 0.15) is 17.0 Å². The van der Waals surface area contributed by atoms with Crippen molar-refractivity contribution in [1.82, 2.24) is 9.55 Å². The minimum Gasteiger partial charge on any atom is -0.455 e. The summed E-state index contributed by atoms with van der Waals surface area (Å²) in [7, 11) is 0. The number of aromatic nitrogens is 2. The molecule has 2 aromatic heterocycles. The fourth-order valence-corrected chi connectivity index (χ4v) is 6.16. The van der Waals surface area contributed by atoms with Gasteiger partial charge in [0.25, 0.3) is 0 Å². The van der Waals surface area contributed by atoms with E-state index in [1.807, 2.05) is 42.5 Å². The molecule has 210 valence electrons. The van der Waals surface area contributed by atoms with Gasteiger partial charge >= 0.3 is 0 Å². The van der Waals surface area contributed by atoms with E-state index in [-0.39, 0.29) is 23.0 Å². The maximum atomic E-state index is 9.82. The topological polar surface area (TPSA) is 54.8 Å². The number of fused-ring (bicyclic) bond motifs is 4. The summed E-state index contributed by atoms with van der Waals surface area (Å²) in [5.74, 6) is 1.17. The Balaban J connectivity index is 1.57. The first-order chi connectivity index (χ1) is 22.1. The molecule has 4 heteroatoms. The van der Waals surface area contributed by atoms with Crippen LogP contribution in [0, 0.1) is 18.2 Å². The van der Waals surface area contributed by atoms with Gasteiger partial charge in [-0.25, -0.2) is 4.98 Å². The van der Waals surface area contributed by atoms with Crippen LogP contribution in [0.4, 0.5) is 0 Å². The van der Waals surface area contributed by atoms with Crippen molar-refractivity contribution in [2.75, 3.05) is 0 Å². The second-order valence-electron chi connectivity index (χ2n) is 11.7. The van der Waals surface area contributed by atoms with Crippen LogP contribution in [0.2, 0.25) is 0 Å². The molecule has 0 fully saturated rings. The number of nitrogens with zero attached hydrogens (tertiary/aromatic N) is 3. The molecule has 0 N–H and O–H groups in total.